The Labute approximate surface area is 334 Å². The second-order valence-electron chi connectivity index (χ2n) is 15.4. The van der Waals surface area contributed by atoms with E-state index in [2.05, 4.69) is 27.0 Å². The standard InChI is InChI=1S/C44H57F2N5O6/c1-27-13-14-39(53)34(38(52)12-8-9-30-15-18-57-19-16-30)22-32(21-27)41-29(3)40(28(2)35(25-48-41)31-10-6-5-7-11-31)51-44(55)50-37(26-47-17-20-56-4)42(54)33-23-36(45)43(46)49-24-33/h5-7,10-11,21-24,27-28,30,35,37,42,47,54H,8-9,12-20,25-26H2,1-4H3,(H2,50,51,55)/t27?,28?,35?,37-,42+/m1/s1. The number of amides is 2. The van der Waals surface area contributed by atoms with Crippen molar-refractivity contribution in [2.24, 2.45) is 22.7 Å². The Bertz CT molecular complexity index is 1840. The van der Waals surface area contributed by atoms with E-state index in [1.807, 2.05) is 51.1 Å². The zero-order valence-electron chi connectivity index (χ0n) is 33.5. The number of aliphatic hydroxyl groups excluding tert-OH is 1. The number of ether oxygens (including phenoxy) is 2. The van der Waals surface area contributed by atoms with Gasteiger partial charge in [-0.3, -0.25) is 14.6 Å². The van der Waals surface area contributed by atoms with Crippen LogP contribution in [0.15, 0.2) is 82.2 Å². The minimum Gasteiger partial charge on any atom is -0.386 e. The van der Waals surface area contributed by atoms with E-state index in [1.54, 1.807) is 13.2 Å². The summed E-state index contributed by atoms with van der Waals surface area (Å²) in [5.41, 5.74) is 3.68. The number of carbonyl (C=O) groups excluding carboxylic acids is 3. The fourth-order valence-electron chi connectivity index (χ4n) is 7.85. The van der Waals surface area contributed by atoms with E-state index in [0.717, 1.165) is 50.3 Å². The second kappa shape index (κ2) is 21.4. The summed E-state index contributed by atoms with van der Waals surface area (Å²) in [6.07, 6.45) is 8.09. The molecule has 5 rings (SSSR count). The minimum atomic E-state index is -1.44. The molecule has 2 aliphatic heterocycles. The van der Waals surface area contributed by atoms with Gasteiger partial charge in [-0.05, 0) is 79.7 Å². The number of halogens is 2. The first-order chi connectivity index (χ1) is 27.5. The number of ketones is 2. The van der Waals surface area contributed by atoms with Crippen molar-refractivity contribution >= 4 is 23.3 Å². The van der Waals surface area contributed by atoms with Crippen LogP contribution in [0.5, 0.6) is 0 Å². The quantitative estimate of drug-likeness (QED) is 0.0860. The Morgan fingerprint density at radius 3 is 2.58 bits per heavy atom. The number of rotatable bonds is 16. The molecule has 2 amide bonds. The topological polar surface area (TPSA) is 151 Å². The molecule has 11 nitrogen and oxygen atoms in total. The highest BCUT2D eigenvalue weighted by Gasteiger charge is 2.32. The molecule has 1 fully saturated rings. The number of hydrogen-bond acceptors (Lipinski definition) is 9. The maximum Gasteiger partial charge on any atom is 0.319 e. The summed E-state index contributed by atoms with van der Waals surface area (Å²) in [7, 11) is 1.55. The highest BCUT2D eigenvalue weighted by molar-refractivity contribution is 6.23. The number of methoxy groups -OCH3 is 1. The third-order valence-electron chi connectivity index (χ3n) is 11.3. The number of aliphatic hydroxyl groups is 1. The lowest BCUT2D eigenvalue weighted by Gasteiger charge is -2.28. The lowest BCUT2D eigenvalue weighted by Crippen LogP contribution is -2.50. The molecule has 0 bridgehead atoms. The van der Waals surface area contributed by atoms with Crippen LogP contribution in [0, 0.1) is 29.5 Å². The Morgan fingerprint density at radius 1 is 1.11 bits per heavy atom. The summed E-state index contributed by atoms with van der Waals surface area (Å²) in [5, 5.41) is 20.3. The number of urea groups is 1. The molecule has 3 heterocycles. The number of hydrogen-bond donors (Lipinski definition) is 4. The van der Waals surface area contributed by atoms with E-state index in [0.29, 0.717) is 61.0 Å². The van der Waals surface area contributed by atoms with E-state index < -0.39 is 29.9 Å². The summed E-state index contributed by atoms with van der Waals surface area (Å²) < 4.78 is 38.4. The first kappa shape index (κ1) is 43.7. The monoisotopic (exact) mass is 789 g/mol. The number of nitrogens with one attached hydrogen (secondary N) is 3. The van der Waals surface area contributed by atoms with Crippen LogP contribution in [0.25, 0.3) is 0 Å². The van der Waals surface area contributed by atoms with Gasteiger partial charge in [-0.1, -0.05) is 50.3 Å². The molecule has 1 aliphatic carbocycles. The van der Waals surface area contributed by atoms with Gasteiger partial charge in [-0.15, -0.1) is 0 Å². The van der Waals surface area contributed by atoms with Crippen molar-refractivity contribution < 1.29 is 37.7 Å². The normalized spacial score (nSPS) is 22.0. The minimum absolute atomic E-state index is 0.00913. The van der Waals surface area contributed by atoms with E-state index >= 15 is 0 Å². The number of carbonyl (C=O) groups is 3. The molecule has 57 heavy (non-hydrogen) atoms. The third kappa shape index (κ3) is 12.0. The van der Waals surface area contributed by atoms with Crippen molar-refractivity contribution in [1.82, 2.24) is 20.9 Å². The number of aliphatic imine (C=N–C) groups is 1. The SMILES string of the molecule is COCCNC[C@@H](NC(=O)NC1=C(C)C(C2=CC(C)CCC(=O)C(C(=O)CCCC3CCOCC3)=C2)=NCC(c2ccccc2)C1C)[C@@H](O)c1cnc(F)c(F)c1. The summed E-state index contributed by atoms with van der Waals surface area (Å²) in [5.74, 6) is -2.73. The fraction of sp³-hybridized carbons (Fsp3) is 0.523. The van der Waals surface area contributed by atoms with Gasteiger partial charge in [0, 0.05) is 82.1 Å². The Morgan fingerprint density at radius 2 is 1.86 bits per heavy atom. The molecule has 3 unspecified atom stereocenters. The molecule has 1 saturated heterocycles. The van der Waals surface area contributed by atoms with Crippen molar-refractivity contribution in [1.29, 1.82) is 0 Å². The van der Waals surface area contributed by atoms with Gasteiger partial charge in [0.05, 0.1) is 23.9 Å². The van der Waals surface area contributed by atoms with Gasteiger partial charge < -0.3 is 30.5 Å². The molecule has 2 aromatic rings. The number of allylic oxidation sites excluding steroid dienone is 6. The van der Waals surface area contributed by atoms with Crippen LogP contribution < -0.4 is 16.0 Å². The van der Waals surface area contributed by atoms with Crippen LogP contribution in [0.2, 0.25) is 0 Å². The highest BCUT2D eigenvalue weighted by Crippen LogP contribution is 2.36. The number of benzene rings is 1. The van der Waals surface area contributed by atoms with Gasteiger partial charge in [0.15, 0.2) is 17.4 Å². The predicted octanol–water partition coefficient (Wildman–Crippen LogP) is 6.46. The van der Waals surface area contributed by atoms with Crippen molar-refractivity contribution in [3.05, 3.63) is 100 Å². The number of nitrogens with zero attached hydrogens (tertiary/aromatic N) is 2. The Kier molecular flexibility index (Phi) is 16.4. The Balaban J connectivity index is 1.47. The molecule has 0 spiro atoms. The summed E-state index contributed by atoms with van der Waals surface area (Å²) in [6, 6.07) is 9.13. The first-order valence-electron chi connectivity index (χ1n) is 20.1. The van der Waals surface area contributed by atoms with Gasteiger partial charge in [0.2, 0.25) is 5.95 Å². The average molecular weight is 790 g/mol. The van der Waals surface area contributed by atoms with E-state index in [4.69, 9.17) is 14.5 Å². The van der Waals surface area contributed by atoms with Crippen molar-refractivity contribution in [3.8, 4) is 0 Å². The fourth-order valence-corrected chi connectivity index (χ4v) is 7.85. The van der Waals surface area contributed by atoms with Crippen LogP contribution in [0.4, 0.5) is 13.6 Å². The number of pyridine rings is 1. The van der Waals surface area contributed by atoms with Crippen LogP contribution in [0.1, 0.15) is 88.9 Å². The molecular weight excluding hydrogens is 733 g/mol. The van der Waals surface area contributed by atoms with Crippen LogP contribution in [-0.2, 0) is 19.1 Å². The lowest BCUT2D eigenvalue weighted by molar-refractivity contribution is -0.121. The van der Waals surface area contributed by atoms with Crippen LogP contribution in [0.3, 0.4) is 0 Å². The zero-order valence-corrected chi connectivity index (χ0v) is 33.5. The maximum absolute atomic E-state index is 14.2. The average Bonchev–Trinajstić information content (AvgIpc) is 3.32. The van der Waals surface area contributed by atoms with E-state index in [9.17, 15) is 28.3 Å². The van der Waals surface area contributed by atoms with Crippen molar-refractivity contribution in [3.63, 3.8) is 0 Å². The second-order valence-corrected chi connectivity index (χ2v) is 15.4. The zero-order chi connectivity index (χ0) is 40.9. The molecule has 3 aliphatic rings. The Hall–Kier alpha value is -4.43. The summed E-state index contributed by atoms with van der Waals surface area (Å²) >= 11 is 0. The van der Waals surface area contributed by atoms with Crippen molar-refractivity contribution in [2.45, 2.75) is 83.8 Å². The van der Waals surface area contributed by atoms with E-state index in [1.165, 1.54) is 0 Å². The predicted molar refractivity (Wildman–Crippen MR) is 215 cm³/mol. The molecule has 5 atom stereocenters. The molecule has 1 aromatic heterocycles. The third-order valence-corrected chi connectivity index (χ3v) is 11.3. The van der Waals surface area contributed by atoms with E-state index in [-0.39, 0.29) is 59.8 Å². The van der Waals surface area contributed by atoms with Gasteiger partial charge >= 0.3 is 6.03 Å². The molecule has 1 aromatic carbocycles. The van der Waals surface area contributed by atoms with Gasteiger partial charge in [-0.25, -0.2) is 14.2 Å². The molecule has 13 heteroatoms. The molecule has 308 valence electrons. The highest BCUT2D eigenvalue weighted by atomic mass is 19.2. The lowest BCUT2D eigenvalue weighted by atomic mass is 9.83. The van der Waals surface area contributed by atoms with Gasteiger partial charge in [0.25, 0.3) is 0 Å². The first-order valence-corrected chi connectivity index (χ1v) is 20.1. The number of Topliss-reactive ketones (excluding diaryl/α,β-unsaturated/α-hetero) is 2. The maximum atomic E-state index is 14.2. The molecule has 4 N–H and O–H groups in total. The van der Waals surface area contributed by atoms with Crippen LogP contribution in [-0.4, -0.2) is 86.0 Å². The smallest absolute Gasteiger partial charge is 0.319 e. The van der Waals surface area contributed by atoms with Crippen molar-refractivity contribution in [2.75, 3.05) is 46.6 Å². The van der Waals surface area contributed by atoms with Gasteiger partial charge in [-0.2, -0.15) is 4.39 Å². The molecule has 0 saturated carbocycles. The number of aromatic nitrogens is 1. The van der Waals surface area contributed by atoms with Gasteiger partial charge in [0.1, 0.15) is 6.10 Å². The van der Waals surface area contributed by atoms with Crippen LogP contribution >= 0.6 is 0 Å². The largest absolute Gasteiger partial charge is 0.386 e. The summed E-state index contributed by atoms with van der Waals surface area (Å²) in [6.45, 7) is 8.64. The summed E-state index contributed by atoms with van der Waals surface area (Å²) in [4.78, 5) is 49.9. The molecule has 0 radical (unpaired) electrons. The molecular formula is C44H57F2N5O6.